The fourth-order valence-corrected chi connectivity index (χ4v) is 9.54. The number of morpholine rings is 1. The number of amides is 3. The fraction of sp³-hybridized carbons (Fsp3) is 0.524. The first-order valence-electron chi connectivity index (χ1n) is 20.5. The quantitative estimate of drug-likeness (QED) is 0.155. The lowest BCUT2D eigenvalue weighted by Crippen LogP contribution is -2.40. The maximum atomic E-state index is 14.2. The molecule has 2 N–H and O–H groups in total. The number of anilines is 2. The van der Waals surface area contributed by atoms with Crippen molar-refractivity contribution in [3.63, 3.8) is 0 Å². The monoisotopic (exact) mass is 829 g/mol. The molecule has 4 saturated heterocycles. The lowest BCUT2D eigenvalue weighted by Gasteiger charge is -2.36. The van der Waals surface area contributed by atoms with Gasteiger partial charge in [-0.2, -0.15) is 10.2 Å². The van der Waals surface area contributed by atoms with Gasteiger partial charge in [0.2, 0.25) is 11.8 Å². The molecule has 59 heavy (non-hydrogen) atoms. The standard InChI is InChI=1S/C42H46ClF2N9O5/c43-34-9-5-25(18-32(34)31-8-10-37(55)49-41(31)56)2-1-17-58-29-11-14-51(15-12-29)21-26-3-6-27(7-4-26)54-23-35(38(50-54)39(44)45)47-42(57)33-20-46-53-16-13-36(48-40(33)53)52-22-30-19-28(52)24-59-30/h5,9,13,16,18,20,23,26-31,39H,3-4,6-8,10-12,14-15,17,19,21-22,24H2,(H,47,57)(H,49,55,56)/t26?,27?,28-,30-,31?/m1/s1. The predicted octanol–water partition coefficient (Wildman–Crippen LogP) is 5.53. The molecule has 4 aliphatic heterocycles. The van der Waals surface area contributed by atoms with E-state index < -0.39 is 23.9 Å². The summed E-state index contributed by atoms with van der Waals surface area (Å²) in [5, 5.41) is 14.1. The fourth-order valence-electron chi connectivity index (χ4n) is 9.29. The van der Waals surface area contributed by atoms with Gasteiger partial charge in [-0.1, -0.05) is 23.4 Å². The number of imide groups is 1. The number of halogens is 3. The first-order valence-corrected chi connectivity index (χ1v) is 20.9. The molecule has 7 heterocycles. The number of nitrogens with zero attached hydrogens (tertiary/aromatic N) is 7. The number of aromatic nitrogens is 5. The molecule has 0 radical (unpaired) electrons. The predicted molar refractivity (Wildman–Crippen MR) is 213 cm³/mol. The Hall–Kier alpha value is -4.95. The van der Waals surface area contributed by atoms with Crippen molar-refractivity contribution in [2.75, 3.05) is 49.6 Å². The van der Waals surface area contributed by atoms with E-state index in [9.17, 15) is 23.2 Å². The van der Waals surface area contributed by atoms with Crippen molar-refractivity contribution in [1.29, 1.82) is 0 Å². The van der Waals surface area contributed by atoms with E-state index in [0.29, 0.717) is 41.8 Å². The Morgan fingerprint density at radius 3 is 2.66 bits per heavy atom. The van der Waals surface area contributed by atoms with Crippen LogP contribution in [0.1, 0.15) is 103 Å². The van der Waals surface area contributed by atoms with Crippen LogP contribution >= 0.6 is 11.6 Å². The molecule has 9 rings (SSSR count). The summed E-state index contributed by atoms with van der Waals surface area (Å²) >= 11 is 6.39. The highest BCUT2D eigenvalue weighted by Crippen LogP contribution is 2.37. The molecule has 1 saturated carbocycles. The molecule has 1 unspecified atom stereocenters. The van der Waals surface area contributed by atoms with Crippen LogP contribution in [0.4, 0.5) is 20.3 Å². The number of ether oxygens (including phenoxy) is 2. The van der Waals surface area contributed by atoms with Crippen LogP contribution in [0.25, 0.3) is 5.65 Å². The number of carbonyl (C=O) groups is 3. The Morgan fingerprint density at radius 1 is 1.08 bits per heavy atom. The van der Waals surface area contributed by atoms with Crippen LogP contribution in [0, 0.1) is 17.8 Å². The van der Waals surface area contributed by atoms with Crippen molar-refractivity contribution < 1.29 is 32.6 Å². The van der Waals surface area contributed by atoms with Crippen LogP contribution in [-0.2, 0) is 19.1 Å². The third-order valence-electron chi connectivity index (χ3n) is 12.5. The average molecular weight is 830 g/mol. The summed E-state index contributed by atoms with van der Waals surface area (Å²) < 4.78 is 43.4. The SMILES string of the molecule is O=C1CCC(c2cc(C#CCOC3CCN(CC4CCC(n5cc(NC(=O)c6cnn7ccc(N8C[C@H]9C[C@@H]8CO9)nc67)c(C(F)F)n5)CC4)CC3)ccc2Cl)C(=O)N1. The zero-order valence-corrected chi connectivity index (χ0v) is 33.3. The Morgan fingerprint density at radius 2 is 1.92 bits per heavy atom. The highest BCUT2D eigenvalue weighted by Gasteiger charge is 2.40. The minimum absolute atomic E-state index is 0.00315. The van der Waals surface area contributed by atoms with Gasteiger partial charge in [-0.05, 0) is 87.1 Å². The smallest absolute Gasteiger partial charge is 0.284 e. The van der Waals surface area contributed by atoms with Gasteiger partial charge in [0.1, 0.15) is 18.0 Å². The molecular weight excluding hydrogens is 784 g/mol. The number of fused-ring (bicyclic) bond motifs is 3. The summed E-state index contributed by atoms with van der Waals surface area (Å²) in [5.41, 5.74) is 1.52. The molecule has 14 nitrogen and oxygen atoms in total. The zero-order chi connectivity index (χ0) is 40.6. The van der Waals surface area contributed by atoms with Crippen molar-refractivity contribution in [3.05, 3.63) is 70.3 Å². The van der Waals surface area contributed by atoms with Gasteiger partial charge in [-0.15, -0.1) is 0 Å². The number of likely N-dealkylation sites (tertiary alicyclic amines) is 1. The van der Waals surface area contributed by atoms with E-state index in [1.54, 1.807) is 23.1 Å². The summed E-state index contributed by atoms with van der Waals surface area (Å²) in [4.78, 5) is 46.8. The Labute approximate surface area is 344 Å². The molecule has 3 atom stereocenters. The molecule has 17 heteroatoms. The van der Waals surface area contributed by atoms with Gasteiger partial charge in [0.25, 0.3) is 12.3 Å². The Bertz CT molecular complexity index is 2290. The number of carbonyl (C=O) groups excluding carboxylic acids is 3. The van der Waals surface area contributed by atoms with Gasteiger partial charge < -0.3 is 24.6 Å². The van der Waals surface area contributed by atoms with E-state index >= 15 is 0 Å². The Balaban J connectivity index is 0.736. The van der Waals surface area contributed by atoms with Crippen LogP contribution < -0.4 is 15.5 Å². The highest BCUT2D eigenvalue weighted by atomic mass is 35.5. The number of hydrogen-bond acceptors (Lipinski definition) is 10. The second kappa shape index (κ2) is 17.0. The van der Waals surface area contributed by atoms with Crippen molar-refractivity contribution in [3.8, 4) is 11.8 Å². The molecule has 1 aromatic carbocycles. The third-order valence-corrected chi connectivity index (χ3v) is 12.8. The highest BCUT2D eigenvalue weighted by molar-refractivity contribution is 6.31. The second-order valence-corrected chi connectivity index (χ2v) is 16.7. The largest absolute Gasteiger partial charge is 0.374 e. The first-order chi connectivity index (χ1) is 28.6. The number of benzene rings is 1. The van der Waals surface area contributed by atoms with Crippen LogP contribution in [0.3, 0.4) is 0 Å². The van der Waals surface area contributed by atoms with E-state index in [1.807, 2.05) is 18.2 Å². The third kappa shape index (κ3) is 8.57. The van der Waals surface area contributed by atoms with E-state index in [0.717, 1.165) is 82.5 Å². The molecule has 5 fully saturated rings. The molecule has 5 aliphatic rings. The first kappa shape index (κ1) is 39.5. The van der Waals surface area contributed by atoms with Crippen molar-refractivity contribution in [2.45, 2.75) is 94.4 Å². The lowest BCUT2D eigenvalue weighted by atomic mass is 9.85. The van der Waals surface area contributed by atoms with E-state index in [1.165, 1.54) is 10.7 Å². The van der Waals surface area contributed by atoms with Crippen LogP contribution in [0.15, 0.2) is 42.9 Å². The number of rotatable bonds is 10. The maximum Gasteiger partial charge on any atom is 0.284 e. The van der Waals surface area contributed by atoms with Gasteiger partial charge >= 0.3 is 0 Å². The molecular formula is C42H46ClF2N9O5. The summed E-state index contributed by atoms with van der Waals surface area (Å²) in [6, 6.07) is 7.44. The minimum Gasteiger partial charge on any atom is -0.374 e. The van der Waals surface area contributed by atoms with Crippen molar-refractivity contribution in [2.24, 2.45) is 5.92 Å². The molecule has 3 amide bonds. The molecule has 3 aromatic heterocycles. The van der Waals surface area contributed by atoms with Crippen LogP contribution in [-0.4, -0.2) is 105 Å². The van der Waals surface area contributed by atoms with Gasteiger partial charge in [0.15, 0.2) is 11.3 Å². The van der Waals surface area contributed by atoms with Crippen LogP contribution in [0.5, 0.6) is 0 Å². The second-order valence-electron chi connectivity index (χ2n) is 16.3. The normalized spacial score (nSPS) is 25.1. The van der Waals surface area contributed by atoms with Gasteiger partial charge in [0.05, 0.1) is 48.7 Å². The zero-order valence-electron chi connectivity index (χ0n) is 32.5. The van der Waals surface area contributed by atoms with E-state index in [4.69, 9.17) is 26.1 Å². The molecule has 4 aromatic rings. The van der Waals surface area contributed by atoms with Crippen molar-refractivity contribution >= 4 is 46.5 Å². The summed E-state index contributed by atoms with van der Waals surface area (Å²) in [6.45, 7) is 4.53. The Kier molecular flexibility index (Phi) is 11.4. The maximum absolute atomic E-state index is 14.2. The summed E-state index contributed by atoms with van der Waals surface area (Å²) in [5.74, 6) is 5.81. The van der Waals surface area contributed by atoms with Gasteiger partial charge in [-0.3, -0.25) is 24.4 Å². The molecule has 2 bridgehead atoms. The van der Waals surface area contributed by atoms with Gasteiger partial charge in [0, 0.05) is 55.6 Å². The number of nitrogens with one attached hydrogen (secondary N) is 2. The summed E-state index contributed by atoms with van der Waals surface area (Å²) in [6.07, 6.45) is 9.18. The van der Waals surface area contributed by atoms with Crippen molar-refractivity contribution in [1.82, 2.24) is 34.6 Å². The number of hydrogen-bond donors (Lipinski definition) is 2. The lowest BCUT2D eigenvalue weighted by molar-refractivity contribution is -0.134. The number of piperidine rings is 2. The van der Waals surface area contributed by atoms with E-state index in [2.05, 4.69) is 42.5 Å². The molecule has 0 spiro atoms. The van der Waals surface area contributed by atoms with Crippen LogP contribution in [0.2, 0.25) is 5.02 Å². The topological polar surface area (TPSA) is 148 Å². The molecule has 310 valence electrons. The van der Waals surface area contributed by atoms with E-state index in [-0.39, 0.29) is 53.8 Å². The number of alkyl halides is 2. The minimum atomic E-state index is -2.85. The summed E-state index contributed by atoms with van der Waals surface area (Å²) in [7, 11) is 0. The average Bonchev–Trinajstić information content (AvgIpc) is 4.06. The molecule has 1 aliphatic carbocycles. The van der Waals surface area contributed by atoms with Gasteiger partial charge in [-0.25, -0.2) is 18.3 Å².